The molecule has 0 spiro atoms. The molecule has 0 saturated carbocycles. The number of nitrogens with one attached hydrogen (secondary N) is 2. The van der Waals surface area contributed by atoms with Gasteiger partial charge in [0.25, 0.3) is 0 Å². The van der Waals surface area contributed by atoms with Crippen LogP contribution in [0.1, 0.15) is 18.0 Å². The second-order valence-electron chi connectivity index (χ2n) is 5.99. The Bertz CT molecular complexity index is 504. The van der Waals surface area contributed by atoms with E-state index in [1.165, 1.54) is 0 Å². The number of carbonyl (C=O) groups excluding carboxylic acids is 1. The fraction of sp³-hybridized carbons (Fsp3) is 0.588. The van der Waals surface area contributed by atoms with Crippen LogP contribution in [0.15, 0.2) is 24.3 Å². The van der Waals surface area contributed by atoms with Crippen LogP contribution >= 0.6 is 11.8 Å². The van der Waals surface area contributed by atoms with E-state index < -0.39 is 0 Å². The van der Waals surface area contributed by atoms with Gasteiger partial charge in [-0.1, -0.05) is 12.1 Å². The van der Waals surface area contributed by atoms with Crippen molar-refractivity contribution in [2.45, 2.75) is 18.5 Å². The number of nitrogens with zero attached hydrogens (tertiary/aromatic N) is 1. The van der Waals surface area contributed by atoms with Crippen molar-refractivity contribution in [3.8, 4) is 5.75 Å². The molecule has 0 bridgehead atoms. The first-order chi connectivity index (χ1) is 11.1. The normalized spacial score (nSPS) is 19.4. The van der Waals surface area contributed by atoms with Gasteiger partial charge in [-0.15, -0.1) is 0 Å². The summed E-state index contributed by atoms with van der Waals surface area (Å²) in [5.74, 6) is 3.10. The fourth-order valence-electron chi connectivity index (χ4n) is 2.70. The van der Waals surface area contributed by atoms with Crippen LogP contribution in [-0.2, 0) is 4.79 Å². The average molecular weight is 337 g/mol. The Labute approximate surface area is 143 Å². The number of ether oxygens (including phenoxy) is 1. The molecule has 2 rings (SSSR count). The molecule has 1 amide bonds. The van der Waals surface area contributed by atoms with Crippen LogP contribution in [0.5, 0.6) is 5.75 Å². The molecule has 23 heavy (non-hydrogen) atoms. The third-order valence-electron chi connectivity index (χ3n) is 4.02. The molecule has 1 aromatic rings. The Morgan fingerprint density at radius 2 is 2.35 bits per heavy atom. The summed E-state index contributed by atoms with van der Waals surface area (Å²) in [6.07, 6.45) is 0.547. The highest BCUT2D eigenvalue weighted by atomic mass is 32.2. The van der Waals surface area contributed by atoms with Crippen molar-refractivity contribution >= 4 is 17.7 Å². The molecule has 2 atom stereocenters. The topological polar surface area (TPSA) is 53.6 Å². The van der Waals surface area contributed by atoms with E-state index in [4.69, 9.17) is 4.74 Å². The minimum Gasteiger partial charge on any atom is -0.497 e. The van der Waals surface area contributed by atoms with Crippen molar-refractivity contribution in [1.29, 1.82) is 0 Å². The lowest BCUT2D eigenvalue weighted by Gasteiger charge is -2.26. The Kier molecular flexibility index (Phi) is 7.20. The maximum absolute atomic E-state index is 12.2. The number of hydrogen-bond acceptors (Lipinski definition) is 5. The predicted molar refractivity (Wildman–Crippen MR) is 96.2 cm³/mol. The van der Waals surface area contributed by atoms with Gasteiger partial charge in [0.1, 0.15) is 5.75 Å². The number of thioether (sulfide) groups is 1. The number of methoxy groups -OCH3 is 1. The van der Waals surface area contributed by atoms with Crippen LogP contribution < -0.4 is 15.4 Å². The lowest BCUT2D eigenvalue weighted by Crippen LogP contribution is -2.42. The predicted octanol–water partition coefficient (Wildman–Crippen LogP) is 1.51. The molecule has 5 nitrogen and oxygen atoms in total. The minimum atomic E-state index is 0.111. The van der Waals surface area contributed by atoms with Gasteiger partial charge in [-0.2, -0.15) is 11.8 Å². The van der Waals surface area contributed by atoms with Gasteiger partial charge in [-0.25, -0.2) is 0 Å². The van der Waals surface area contributed by atoms with E-state index >= 15 is 0 Å². The van der Waals surface area contributed by atoms with Gasteiger partial charge in [-0.3, -0.25) is 4.79 Å². The highest BCUT2D eigenvalue weighted by Crippen LogP contribution is 2.22. The first-order valence-corrected chi connectivity index (χ1v) is 9.14. The third-order valence-corrected chi connectivity index (χ3v) is 5.16. The van der Waals surface area contributed by atoms with Crippen LogP contribution in [0.2, 0.25) is 0 Å². The zero-order valence-electron chi connectivity index (χ0n) is 14.2. The van der Waals surface area contributed by atoms with Crippen LogP contribution in [0, 0.1) is 0 Å². The zero-order valence-corrected chi connectivity index (χ0v) is 15.0. The van der Waals surface area contributed by atoms with E-state index in [1.807, 2.05) is 44.1 Å². The Morgan fingerprint density at radius 1 is 1.52 bits per heavy atom. The SMILES string of the molecule is COc1cccc(C(CNC(=O)CC2CSCCN2)N(C)C)c1. The van der Waals surface area contributed by atoms with Crippen molar-refractivity contribution in [3.05, 3.63) is 29.8 Å². The molecule has 1 aliphatic heterocycles. The largest absolute Gasteiger partial charge is 0.497 e. The van der Waals surface area contributed by atoms with E-state index in [1.54, 1.807) is 7.11 Å². The summed E-state index contributed by atoms with van der Waals surface area (Å²) >= 11 is 1.91. The number of likely N-dealkylation sites (N-methyl/N-ethyl adjacent to an activating group) is 1. The maximum atomic E-state index is 12.2. The van der Waals surface area contributed by atoms with Crippen molar-refractivity contribution < 1.29 is 9.53 Å². The zero-order chi connectivity index (χ0) is 16.7. The number of benzene rings is 1. The molecule has 2 N–H and O–H groups in total. The molecular formula is C17H27N3O2S. The van der Waals surface area contributed by atoms with Crippen molar-refractivity contribution in [1.82, 2.24) is 15.5 Å². The van der Waals surface area contributed by atoms with Crippen molar-refractivity contribution in [2.75, 3.05) is 45.8 Å². The Hall–Kier alpha value is -1.24. The summed E-state index contributed by atoms with van der Waals surface area (Å²) in [6, 6.07) is 8.43. The number of amides is 1. The van der Waals surface area contributed by atoms with Crippen molar-refractivity contribution in [3.63, 3.8) is 0 Å². The van der Waals surface area contributed by atoms with Gasteiger partial charge >= 0.3 is 0 Å². The van der Waals surface area contributed by atoms with Gasteiger partial charge in [-0.05, 0) is 31.8 Å². The van der Waals surface area contributed by atoms with E-state index in [-0.39, 0.29) is 11.9 Å². The molecule has 128 valence electrons. The second kappa shape index (κ2) is 9.15. The summed E-state index contributed by atoms with van der Waals surface area (Å²) in [5, 5.41) is 6.48. The van der Waals surface area contributed by atoms with Gasteiger partial charge in [0.2, 0.25) is 5.91 Å². The molecule has 0 aromatic heterocycles. The standard InChI is InChI=1S/C17H27N3O2S/c1-20(2)16(13-5-4-6-15(9-13)22-3)11-19-17(21)10-14-12-23-8-7-18-14/h4-6,9,14,16,18H,7-8,10-12H2,1-3H3,(H,19,21). The Morgan fingerprint density at radius 3 is 3.00 bits per heavy atom. The summed E-state index contributed by atoms with van der Waals surface area (Å²) < 4.78 is 5.29. The molecule has 0 aliphatic carbocycles. The lowest BCUT2D eigenvalue weighted by atomic mass is 10.1. The summed E-state index contributed by atoms with van der Waals surface area (Å²) in [7, 11) is 5.71. The summed E-state index contributed by atoms with van der Waals surface area (Å²) in [4.78, 5) is 14.3. The highest BCUT2D eigenvalue weighted by molar-refractivity contribution is 7.99. The third kappa shape index (κ3) is 5.71. The molecule has 0 radical (unpaired) electrons. The molecule has 1 fully saturated rings. The number of hydrogen-bond donors (Lipinski definition) is 2. The first kappa shape index (κ1) is 18.1. The summed E-state index contributed by atoms with van der Waals surface area (Å²) in [5.41, 5.74) is 1.14. The first-order valence-electron chi connectivity index (χ1n) is 7.98. The maximum Gasteiger partial charge on any atom is 0.221 e. The molecule has 6 heteroatoms. The minimum absolute atomic E-state index is 0.111. The van der Waals surface area contributed by atoms with E-state index in [9.17, 15) is 4.79 Å². The van der Waals surface area contributed by atoms with E-state index in [0.29, 0.717) is 19.0 Å². The lowest BCUT2D eigenvalue weighted by molar-refractivity contribution is -0.121. The molecule has 1 aromatic carbocycles. The van der Waals surface area contributed by atoms with Crippen LogP contribution in [0.4, 0.5) is 0 Å². The highest BCUT2D eigenvalue weighted by Gasteiger charge is 2.19. The quantitative estimate of drug-likeness (QED) is 0.790. The molecule has 1 saturated heterocycles. The molecular weight excluding hydrogens is 310 g/mol. The molecule has 1 aliphatic rings. The fourth-order valence-corrected chi connectivity index (χ4v) is 3.65. The van der Waals surface area contributed by atoms with Gasteiger partial charge in [0, 0.05) is 37.1 Å². The number of carbonyl (C=O) groups is 1. The van der Waals surface area contributed by atoms with E-state index in [0.717, 1.165) is 29.4 Å². The molecule has 1 heterocycles. The van der Waals surface area contributed by atoms with Crippen LogP contribution in [-0.4, -0.2) is 62.6 Å². The average Bonchev–Trinajstić information content (AvgIpc) is 2.56. The molecule has 2 unspecified atom stereocenters. The van der Waals surface area contributed by atoms with Crippen LogP contribution in [0.25, 0.3) is 0 Å². The monoisotopic (exact) mass is 337 g/mol. The smallest absolute Gasteiger partial charge is 0.221 e. The number of rotatable bonds is 7. The van der Waals surface area contributed by atoms with Gasteiger partial charge in [0.05, 0.1) is 13.2 Å². The summed E-state index contributed by atoms with van der Waals surface area (Å²) in [6.45, 7) is 1.59. The second-order valence-corrected chi connectivity index (χ2v) is 7.14. The van der Waals surface area contributed by atoms with Gasteiger partial charge in [0.15, 0.2) is 0 Å². The Balaban J connectivity index is 1.90. The van der Waals surface area contributed by atoms with Gasteiger partial charge < -0.3 is 20.3 Å². The van der Waals surface area contributed by atoms with Crippen molar-refractivity contribution in [2.24, 2.45) is 0 Å². The van der Waals surface area contributed by atoms with E-state index in [2.05, 4.69) is 21.6 Å². The van der Waals surface area contributed by atoms with Crippen LogP contribution in [0.3, 0.4) is 0 Å².